The lowest BCUT2D eigenvalue weighted by Crippen LogP contribution is -2.46. The molecule has 1 amide bonds. The molecule has 31 heavy (non-hydrogen) atoms. The number of carbonyl (C=O) groups excluding carboxylic acids is 1. The van der Waals surface area contributed by atoms with Crippen LogP contribution in [0.5, 0.6) is 0 Å². The summed E-state index contributed by atoms with van der Waals surface area (Å²) in [4.78, 5) is 13.3. The SMILES string of the molecule is CCc1cccc(-c2c(Cl)cccc2[C@](O)(CCCCOC)C2CCCN(C=O)C2)c1. The quantitative estimate of drug-likeness (QED) is 0.392. The third-order valence-corrected chi connectivity index (χ3v) is 6.85. The molecular formula is C26H34ClNO3. The van der Waals surface area contributed by atoms with Crippen molar-refractivity contribution < 1.29 is 14.6 Å². The number of ether oxygens (including phenoxy) is 1. The first kappa shape index (κ1) is 23.8. The fourth-order valence-corrected chi connectivity index (χ4v) is 5.10. The molecule has 1 fully saturated rings. The second-order valence-corrected chi connectivity index (χ2v) is 8.94. The molecule has 1 aliphatic rings. The van der Waals surface area contributed by atoms with E-state index < -0.39 is 5.60 Å². The van der Waals surface area contributed by atoms with Gasteiger partial charge in [0.15, 0.2) is 0 Å². The fraction of sp³-hybridized carbons (Fsp3) is 0.500. The molecule has 0 aliphatic carbocycles. The maximum atomic E-state index is 12.3. The molecule has 1 heterocycles. The Morgan fingerprint density at radius 2 is 2.06 bits per heavy atom. The summed E-state index contributed by atoms with van der Waals surface area (Å²) in [5, 5.41) is 12.9. The molecule has 2 atom stereocenters. The van der Waals surface area contributed by atoms with E-state index in [0.717, 1.165) is 61.7 Å². The molecule has 1 aliphatic heterocycles. The van der Waals surface area contributed by atoms with Crippen molar-refractivity contribution >= 4 is 18.0 Å². The van der Waals surface area contributed by atoms with Crippen molar-refractivity contribution in [2.75, 3.05) is 26.8 Å². The number of unbranched alkanes of at least 4 members (excludes halogenated alkanes) is 1. The number of hydrogen-bond donors (Lipinski definition) is 1. The number of aliphatic hydroxyl groups is 1. The zero-order valence-electron chi connectivity index (χ0n) is 18.6. The summed E-state index contributed by atoms with van der Waals surface area (Å²) in [5.41, 5.74) is 2.95. The van der Waals surface area contributed by atoms with Crippen LogP contribution < -0.4 is 0 Å². The van der Waals surface area contributed by atoms with E-state index in [-0.39, 0.29) is 5.92 Å². The molecule has 168 valence electrons. The fourth-order valence-electron chi connectivity index (χ4n) is 4.82. The van der Waals surface area contributed by atoms with Gasteiger partial charge in [0.2, 0.25) is 6.41 Å². The highest BCUT2D eigenvalue weighted by Crippen LogP contribution is 2.45. The van der Waals surface area contributed by atoms with Crippen LogP contribution in [-0.2, 0) is 21.6 Å². The number of benzene rings is 2. The van der Waals surface area contributed by atoms with E-state index in [1.54, 1.807) is 12.0 Å². The standard InChI is InChI=1S/C26H34ClNO3/c1-3-20-9-6-10-21(17-20)25-23(12-7-13-24(25)27)26(30,14-4-5-16-31-2)22-11-8-15-28(18-22)19-29/h6-7,9-10,12-13,17,19,22,30H,3-5,8,11,14-16,18H2,1-2H3/t22?,26-/m0/s1. The van der Waals surface area contributed by atoms with Gasteiger partial charge in [-0.15, -0.1) is 0 Å². The second-order valence-electron chi connectivity index (χ2n) is 8.53. The van der Waals surface area contributed by atoms with Gasteiger partial charge in [0.05, 0.1) is 5.60 Å². The summed E-state index contributed by atoms with van der Waals surface area (Å²) in [6.07, 6.45) is 5.94. The summed E-state index contributed by atoms with van der Waals surface area (Å²) in [5.74, 6) is -0.0411. The Balaban J connectivity index is 2.08. The van der Waals surface area contributed by atoms with Gasteiger partial charge in [0.25, 0.3) is 0 Å². The van der Waals surface area contributed by atoms with Crippen LogP contribution in [0.25, 0.3) is 11.1 Å². The van der Waals surface area contributed by atoms with Crippen LogP contribution in [0.1, 0.15) is 50.2 Å². The van der Waals surface area contributed by atoms with Gasteiger partial charge in [0, 0.05) is 43.3 Å². The number of rotatable bonds is 10. The first-order chi connectivity index (χ1) is 15.0. The number of amides is 1. The van der Waals surface area contributed by atoms with E-state index in [1.807, 2.05) is 24.3 Å². The van der Waals surface area contributed by atoms with E-state index in [2.05, 4.69) is 25.1 Å². The van der Waals surface area contributed by atoms with Crippen molar-refractivity contribution in [3.8, 4) is 11.1 Å². The average Bonchev–Trinajstić information content (AvgIpc) is 2.81. The first-order valence-corrected chi connectivity index (χ1v) is 11.7. The normalized spacial score (nSPS) is 18.6. The Labute approximate surface area is 191 Å². The maximum absolute atomic E-state index is 12.3. The van der Waals surface area contributed by atoms with Crippen molar-refractivity contribution in [1.82, 2.24) is 4.90 Å². The zero-order chi connectivity index (χ0) is 22.3. The number of piperidine rings is 1. The predicted molar refractivity (Wildman–Crippen MR) is 126 cm³/mol. The maximum Gasteiger partial charge on any atom is 0.209 e. The van der Waals surface area contributed by atoms with E-state index in [0.29, 0.717) is 24.6 Å². The van der Waals surface area contributed by atoms with Crippen LogP contribution in [0.2, 0.25) is 5.02 Å². The number of halogens is 1. The average molecular weight is 444 g/mol. The van der Waals surface area contributed by atoms with Crippen LogP contribution >= 0.6 is 11.6 Å². The number of nitrogens with zero attached hydrogens (tertiary/aromatic N) is 1. The second kappa shape index (κ2) is 11.1. The predicted octanol–water partition coefficient (Wildman–Crippen LogP) is 5.44. The summed E-state index contributed by atoms with van der Waals surface area (Å²) >= 11 is 6.75. The first-order valence-electron chi connectivity index (χ1n) is 11.3. The van der Waals surface area contributed by atoms with Crippen molar-refractivity contribution in [2.45, 2.75) is 51.0 Å². The van der Waals surface area contributed by atoms with Crippen molar-refractivity contribution in [1.29, 1.82) is 0 Å². The van der Waals surface area contributed by atoms with Gasteiger partial charge < -0.3 is 14.7 Å². The van der Waals surface area contributed by atoms with Crippen LogP contribution in [-0.4, -0.2) is 43.2 Å². The molecule has 0 aromatic heterocycles. The Morgan fingerprint density at radius 3 is 2.81 bits per heavy atom. The molecule has 2 aromatic rings. The topological polar surface area (TPSA) is 49.8 Å². The smallest absolute Gasteiger partial charge is 0.209 e. The molecule has 0 radical (unpaired) electrons. The molecule has 3 rings (SSSR count). The molecule has 1 N–H and O–H groups in total. The van der Waals surface area contributed by atoms with Gasteiger partial charge in [-0.3, -0.25) is 4.79 Å². The van der Waals surface area contributed by atoms with Gasteiger partial charge in [-0.2, -0.15) is 0 Å². The minimum Gasteiger partial charge on any atom is -0.385 e. The number of hydrogen-bond acceptors (Lipinski definition) is 3. The lowest BCUT2D eigenvalue weighted by atomic mass is 9.72. The van der Waals surface area contributed by atoms with Gasteiger partial charge in [0.1, 0.15) is 0 Å². The molecule has 0 bridgehead atoms. The summed E-state index contributed by atoms with van der Waals surface area (Å²) in [6, 6.07) is 14.2. The molecule has 1 saturated heterocycles. The minimum atomic E-state index is -1.07. The van der Waals surface area contributed by atoms with Gasteiger partial charge in [-0.1, -0.05) is 54.9 Å². The van der Waals surface area contributed by atoms with Gasteiger partial charge in [-0.05, 0) is 61.3 Å². The molecular weight excluding hydrogens is 410 g/mol. The van der Waals surface area contributed by atoms with Crippen LogP contribution in [0.15, 0.2) is 42.5 Å². The van der Waals surface area contributed by atoms with E-state index in [9.17, 15) is 9.90 Å². The molecule has 0 saturated carbocycles. The van der Waals surface area contributed by atoms with Crippen molar-refractivity contribution in [2.24, 2.45) is 5.92 Å². The van der Waals surface area contributed by atoms with Crippen LogP contribution in [0.3, 0.4) is 0 Å². The molecule has 5 heteroatoms. The third kappa shape index (κ3) is 5.49. The molecule has 4 nitrogen and oxygen atoms in total. The molecule has 0 spiro atoms. The highest BCUT2D eigenvalue weighted by Gasteiger charge is 2.42. The summed E-state index contributed by atoms with van der Waals surface area (Å²) < 4.78 is 5.22. The van der Waals surface area contributed by atoms with E-state index in [4.69, 9.17) is 16.3 Å². The monoisotopic (exact) mass is 443 g/mol. The minimum absolute atomic E-state index is 0.0411. The number of carbonyl (C=O) groups is 1. The summed E-state index contributed by atoms with van der Waals surface area (Å²) in [7, 11) is 1.70. The van der Waals surface area contributed by atoms with E-state index >= 15 is 0 Å². The van der Waals surface area contributed by atoms with Crippen molar-refractivity contribution in [3.63, 3.8) is 0 Å². The van der Waals surface area contributed by atoms with Gasteiger partial charge >= 0.3 is 0 Å². The molecule has 1 unspecified atom stereocenters. The summed E-state index contributed by atoms with van der Waals surface area (Å²) in [6.45, 7) is 4.11. The zero-order valence-corrected chi connectivity index (χ0v) is 19.4. The number of likely N-dealkylation sites (tertiary alicyclic amines) is 1. The Kier molecular flexibility index (Phi) is 8.53. The third-order valence-electron chi connectivity index (χ3n) is 6.54. The lowest BCUT2D eigenvalue weighted by molar-refractivity contribution is -0.123. The lowest BCUT2D eigenvalue weighted by Gasteiger charge is -2.43. The highest BCUT2D eigenvalue weighted by molar-refractivity contribution is 6.33. The van der Waals surface area contributed by atoms with Crippen molar-refractivity contribution in [3.05, 3.63) is 58.6 Å². The largest absolute Gasteiger partial charge is 0.385 e. The van der Waals surface area contributed by atoms with Crippen LogP contribution in [0.4, 0.5) is 0 Å². The molecule has 2 aromatic carbocycles. The van der Waals surface area contributed by atoms with Gasteiger partial charge in [-0.25, -0.2) is 0 Å². The Bertz CT molecular complexity index is 871. The Hall–Kier alpha value is -1.88. The van der Waals surface area contributed by atoms with E-state index in [1.165, 1.54) is 5.56 Å². The number of methoxy groups -OCH3 is 1. The van der Waals surface area contributed by atoms with Crippen LogP contribution in [0, 0.1) is 5.92 Å². The highest BCUT2D eigenvalue weighted by atomic mass is 35.5. The number of aryl methyl sites for hydroxylation is 1. The Morgan fingerprint density at radius 1 is 1.26 bits per heavy atom.